The minimum Gasteiger partial charge on any atom is -0.380 e. The number of amides is 1. The normalized spacial score (nSPS) is 11.8. The van der Waals surface area contributed by atoms with Crippen molar-refractivity contribution in [1.29, 1.82) is 0 Å². The van der Waals surface area contributed by atoms with E-state index in [0.29, 0.717) is 17.9 Å². The maximum Gasteiger partial charge on any atom is 0.308 e. The van der Waals surface area contributed by atoms with E-state index in [2.05, 4.69) is 45.6 Å². The van der Waals surface area contributed by atoms with Crippen molar-refractivity contribution in [3.63, 3.8) is 0 Å². The molecule has 0 saturated heterocycles. The van der Waals surface area contributed by atoms with Gasteiger partial charge < -0.3 is 4.74 Å². The quantitative estimate of drug-likeness (QED) is 0.384. The second kappa shape index (κ2) is 8.93. The predicted octanol–water partition coefficient (Wildman–Crippen LogP) is 4.38. The molecule has 0 fully saturated rings. The van der Waals surface area contributed by atoms with E-state index < -0.39 is 0 Å². The number of fused-ring (bicyclic) bond motifs is 1. The molecule has 6 nitrogen and oxygen atoms in total. The van der Waals surface area contributed by atoms with E-state index in [9.17, 15) is 4.79 Å². The van der Waals surface area contributed by atoms with Crippen LogP contribution in [0.3, 0.4) is 0 Å². The molecule has 0 radical (unpaired) electrons. The molecule has 29 heavy (non-hydrogen) atoms. The molecule has 0 N–H and O–H groups in total. The second-order valence-corrected chi connectivity index (χ2v) is 8.04. The number of carbonyl (C=O) groups is 1. The summed E-state index contributed by atoms with van der Waals surface area (Å²) >= 11 is 2.30. The van der Waals surface area contributed by atoms with Crippen LogP contribution in [-0.2, 0) is 16.1 Å². The van der Waals surface area contributed by atoms with Crippen LogP contribution >= 0.6 is 22.6 Å². The third-order valence-corrected chi connectivity index (χ3v) is 5.79. The molecular formula is C22H23IN4O2. The molecule has 1 atom stereocenters. The van der Waals surface area contributed by atoms with Crippen molar-refractivity contribution in [1.82, 2.24) is 14.8 Å². The lowest BCUT2D eigenvalue weighted by Crippen LogP contribution is -2.26. The molecule has 7 heteroatoms. The Hall–Kier alpha value is -2.44. The lowest BCUT2D eigenvalue weighted by atomic mass is 10.1. The largest absolute Gasteiger partial charge is 0.380 e. The highest BCUT2D eigenvalue weighted by Gasteiger charge is 2.21. The van der Waals surface area contributed by atoms with Crippen molar-refractivity contribution in [2.75, 3.05) is 12.0 Å². The number of aromatic nitrogens is 3. The zero-order valence-electron chi connectivity index (χ0n) is 17.2. The van der Waals surface area contributed by atoms with Crippen LogP contribution in [0.15, 0.2) is 30.5 Å². The molecule has 0 spiro atoms. The fourth-order valence-electron chi connectivity index (χ4n) is 3.01. The van der Waals surface area contributed by atoms with E-state index in [4.69, 9.17) is 9.72 Å². The number of carbonyl (C=O) groups excluding carboxylic acids is 1. The Balaban J connectivity index is 2.10. The van der Waals surface area contributed by atoms with Gasteiger partial charge in [0.1, 0.15) is 16.9 Å². The number of anilines is 2. The van der Waals surface area contributed by atoms with Crippen molar-refractivity contribution < 1.29 is 9.53 Å². The van der Waals surface area contributed by atoms with Crippen LogP contribution in [0.2, 0.25) is 0 Å². The number of hydrogen-bond donors (Lipinski definition) is 0. The highest BCUT2D eigenvalue weighted by molar-refractivity contribution is 14.1. The van der Waals surface area contributed by atoms with Gasteiger partial charge in [-0.15, -0.1) is 0 Å². The van der Waals surface area contributed by atoms with Crippen LogP contribution in [0.1, 0.15) is 25.0 Å². The summed E-state index contributed by atoms with van der Waals surface area (Å²) in [6.07, 6.45) is 1.91. The number of aryl methyl sites for hydroxylation is 2. The zero-order valence-corrected chi connectivity index (χ0v) is 19.3. The Labute approximate surface area is 184 Å². The average Bonchev–Trinajstić information content (AvgIpc) is 3.07. The first-order valence-electron chi connectivity index (χ1n) is 9.24. The fraction of sp³-hybridized carbons (Fsp3) is 0.318. The van der Waals surface area contributed by atoms with E-state index in [1.165, 1.54) is 0 Å². The minimum absolute atomic E-state index is 0.0408. The molecule has 2 heterocycles. The topological polar surface area (TPSA) is 60.2 Å². The van der Waals surface area contributed by atoms with Crippen LogP contribution in [0.5, 0.6) is 0 Å². The van der Waals surface area contributed by atoms with Gasteiger partial charge in [0, 0.05) is 10.7 Å². The van der Waals surface area contributed by atoms with Gasteiger partial charge in [0.05, 0.1) is 24.5 Å². The third kappa shape index (κ3) is 4.60. The first-order chi connectivity index (χ1) is 13.8. The summed E-state index contributed by atoms with van der Waals surface area (Å²) < 4.78 is 8.27. The van der Waals surface area contributed by atoms with Crippen molar-refractivity contribution in [3.05, 3.63) is 45.2 Å². The van der Waals surface area contributed by atoms with Gasteiger partial charge in [0.2, 0.25) is 0 Å². The van der Waals surface area contributed by atoms with Crippen LogP contribution in [-0.4, -0.2) is 33.9 Å². The molecule has 0 saturated carbocycles. The van der Waals surface area contributed by atoms with Gasteiger partial charge in [-0.3, -0.25) is 14.4 Å². The van der Waals surface area contributed by atoms with Crippen LogP contribution in [0.4, 0.5) is 11.5 Å². The molecule has 1 aromatic carbocycles. The highest BCUT2D eigenvalue weighted by atomic mass is 127. The first kappa shape index (κ1) is 21.3. The molecule has 3 rings (SSSR count). The fourth-order valence-corrected chi connectivity index (χ4v) is 3.63. The molecule has 1 unspecified atom stereocenters. The van der Waals surface area contributed by atoms with E-state index >= 15 is 0 Å². The van der Waals surface area contributed by atoms with E-state index in [0.717, 1.165) is 25.9 Å². The standard InChI is InChI=1S/C22H23IN4O2/c1-6-7-22(28)27(20-11-14(2)17(23)10-15(20)3)21-9-8-18-19(24-21)13-26(25-18)12-16(4)29-5/h8-11,13,16H,12H2,1-5H3. The van der Waals surface area contributed by atoms with Crippen molar-refractivity contribution >= 4 is 51.0 Å². The molecule has 2 aromatic heterocycles. The SMILES string of the molecule is CC#CC(=O)N(c1ccc2nn(CC(C)OC)cc2n1)c1cc(C)c(I)cc1C. The minimum atomic E-state index is -0.316. The number of methoxy groups -OCH3 is 1. The van der Waals surface area contributed by atoms with Gasteiger partial charge in [-0.25, -0.2) is 4.98 Å². The Bertz CT molecular complexity index is 1130. The average molecular weight is 502 g/mol. The lowest BCUT2D eigenvalue weighted by molar-refractivity contribution is -0.112. The second-order valence-electron chi connectivity index (χ2n) is 6.87. The molecule has 1 amide bonds. The summed E-state index contributed by atoms with van der Waals surface area (Å²) in [6, 6.07) is 7.75. The lowest BCUT2D eigenvalue weighted by Gasteiger charge is -2.22. The molecular weight excluding hydrogens is 479 g/mol. The Morgan fingerprint density at radius 2 is 2.03 bits per heavy atom. The van der Waals surface area contributed by atoms with Crippen molar-refractivity contribution in [3.8, 4) is 11.8 Å². The number of halogens is 1. The van der Waals surface area contributed by atoms with Crippen LogP contribution < -0.4 is 4.90 Å². The Morgan fingerprint density at radius 3 is 2.72 bits per heavy atom. The van der Waals surface area contributed by atoms with E-state index in [1.54, 1.807) is 25.0 Å². The van der Waals surface area contributed by atoms with Gasteiger partial charge >= 0.3 is 5.91 Å². The van der Waals surface area contributed by atoms with Gasteiger partial charge in [0.15, 0.2) is 0 Å². The first-order valence-corrected chi connectivity index (χ1v) is 10.3. The summed E-state index contributed by atoms with van der Waals surface area (Å²) in [5, 5.41) is 4.54. The number of ether oxygens (including phenoxy) is 1. The van der Waals surface area contributed by atoms with Gasteiger partial charge in [-0.1, -0.05) is 5.92 Å². The third-order valence-electron chi connectivity index (χ3n) is 4.62. The van der Waals surface area contributed by atoms with Gasteiger partial charge in [0.25, 0.3) is 0 Å². The zero-order chi connectivity index (χ0) is 21.1. The molecule has 0 aliphatic heterocycles. The molecule has 0 bridgehead atoms. The summed E-state index contributed by atoms with van der Waals surface area (Å²) in [6.45, 7) is 8.27. The molecule has 150 valence electrons. The molecule has 0 aliphatic carbocycles. The molecule has 0 aliphatic rings. The number of nitrogens with zero attached hydrogens (tertiary/aromatic N) is 4. The van der Waals surface area contributed by atoms with Crippen LogP contribution in [0.25, 0.3) is 11.0 Å². The Kier molecular flexibility index (Phi) is 6.55. The summed E-state index contributed by atoms with van der Waals surface area (Å²) in [5.74, 6) is 5.56. The molecule has 3 aromatic rings. The van der Waals surface area contributed by atoms with Crippen molar-refractivity contribution in [2.24, 2.45) is 0 Å². The smallest absolute Gasteiger partial charge is 0.308 e. The van der Waals surface area contributed by atoms with Crippen molar-refractivity contribution in [2.45, 2.75) is 40.3 Å². The summed E-state index contributed by atoms with van der Waals surface area (Å²) in [5.41, 5.74) is 4.34. The summed E-state index contributed by atoms with van der Waals surface area (Å²) in [4.78, 5) is 19.2. The number of rotatable bonds is 5. The number of hydrogen-bond acceptors (Lipinski definition) is 4. The van der Waals surface area contributed by atoms with Gasteiger partial charge in [-0.05, 0) is 91.6 Å². The number of pyridine rings is 1. The summed E-state index contributed by atoms with van der Waals surface area (Å²) in [7, 11) is 1.67. The predicted molar refractivity (Wildman–Crippen MR) is 123 cm³/mol. The Morgan fingerprint density at radius 1 is 1.28 bits per heavy atom. The maximum absolute atomic E-state index is 12.9. The van der Waals surface area contributed by atoms with Gasteiger partial charge in [-0.2, -0.15) is 5.10 Å². The van der Waals surface area contributed by atoms with E-state index in [1.807, 2.05) is 43.8 Å². The maximum atomic E-state index is 12.9. The monoisotopic (exact) mass is 502 g/mol. The van der Waals surface area contributed by atoms with Crippen LogP contribution in [0, 0.1) is 29.3 Å². The highest BCUT2D eigenvalue weighted by Crippen LogP contribution is 2.31. The van der Waals surface area contributed by atoms with E-state index in [-0.39, 0.29) is 12.0 Å². The number of benzene rings is 1.